The van der Waals surface area contributed by atoms with Gasteiger partial charge in [-0.3, -0.25) is 0 Å². The fourth-order valence-corrected chi connectivity index (χ4v) is 4.05. The van der Waals surface area contributed by atoms with Crippen molar-refractivity contribution in [3.05, 3.63) is 0 Å². The SMILES string of the molecule is CC1(CN2CC3CCCC3C2)CCCN1. The zero-order valence-corrected chi connectivity index (χ0v) is 9.97. The molecule has 0 bridgehead atoms. The highest BCUT2D eigenvalue weighted by atomic mass is 15.2. The van der Waals surface area contributed by atoms with E-state index in [1.165, 1.54) is 58.3 Å². The zero-order chi connectivity index (χ0) is 10.3. The third-order valence-corrected chi connectivity index (χ3v) is 4.83. The van der Waals surface area contributed by atoms with Crippen molar-refractivity contribution in [3.63, 3.8) is 0 Å². The molecule has 2 nitrogen and oxygen atoms in total. The molecule has 2 saturated heterocycles. The summed E-state index contributed by atoms with van der Waals surface area (Å²) in [5.74, 6) is 2.10. The van der Waals surface area contributed by atoms with Crippen molar-refractivity contribution in [2.45, 2.75) is 44.6 Å². The molecule has 0 radical (unpaired) electrons. The number of fused-ring (bicyclic) bond motifs is 1. The van der Waals surface area contributed by atoms with Crippen LogP contribution < -0.4 is 5.32 Å². The third-order valence-electron chi connectivity index (χ3n) is 4.83. The first-order valence-electron chi connectivity index (χ1n) is 6.73. The van der Waals surface area contributed by atoms with Crippen molar-refractivity contribution in [2.24, 2.45) is 11.8 Å². The van der Waals surface area contributed by atoms with E-state index in [0.717, 1.165) is 11.8 Å². The first kappa shape index (κ1) is 10.1. The maximum atomic E-state index is 3.68. The Morgan fingerprint density at radius 2 is 1.93 bits per heavy atom. The summed E-state index contributed by atoms with van der Waals surface area (Å²) in [7, 11) is 0. The Bertz CT molecular complexity index is 221. The second-order valence-electron chi connectivity index (χ2n) is 6.24. The standard InChI is InChI=1S/C13H24N2/c1-13(6-3-7-14-13)10-15-8-11-4-2-5-12(11)9-15/h11-12,14H,2-10H2,1H3. The van der Waals surface area contributed by atoms with Crippen molar-refractivity contribution in [1.82, 2.24) is 10.2 Å². The highest BCUT2D eigenvalue weighted by molar-refractivity contribution is 4.96. The molecule has 2 heteroatoms. The predicted molar refractivity (Wildman–Crippen MR) is 62.9 cm³/mol. The first-order valence-corrected chi connectivity index (χ1v) is 6.73. The maximum Gasteiger partial charge on any atom is 0.0280 e. The molecule has 0 aromatic carbocycles. The van der Waals surface area contributed by atoms with Crippen molar-refractivity contribution < 1.29 is 0 Å². The summed E-state index contributed by atoms with van der Waals surface area (Å²) in [5.41, 5.74) is 0.429. The average molecular weight is 208 g/mol. The Morgan fingerprint density at radius 3 is 2.53 bits per heavy atom. The molecular weight excluding hydrogens is 184 g/mol. The van der Waals surface area contributed by atoms with E-state index in [9.17, 15) is 0 Å². The van der Waals surface area contributed by atoms with Crippen LogP contribution >= 0.6 is 0 Å². The first-order chi connectivity index (χ1) is 7.25. The van der Waals surface area contributed by atoms with Crippen LogP contribution in [0.25, 0.3) is 0 Å². The maximum absolute atomic E-state index is 3.68. The van der Waals surface area contributed by atoms with Gasteiger partial charge < -0.3 is 10.2 Å². The Balaban J connectivity index is 1.56. The smallest absolute Gasteiger partial charge is 0.0280 e. The monoisotopic (exact) mass is 208 g/mol. The minimum absolute atomic E-state index is 0.429. The summed E-state index contributed by atoms with van der Waals surface area (Å²) in [6.45, 7) is 7.72. The Hall–Kier alpha value is -0.0800. The topological polar surface area (TPSA) is 15.3 Å². The molecule has 3 unspecified atom stereocenters. The van der Waals surface area contributed by atoms with Crippen LogP contribution in [0, 0.1) is 11.8 Å². The molecule has 3 aliphatic rings. The van der Waals surface area contributed by atoms with Crippen LogP contribution in [0.15, 0.2) is 0 Å². The lowest BCUT2D eigenvalue weighted by Crippen LogP contribution is -2.47. The lowest BCUT2D eigenvalue weighted by Gasteiger charge is -2.30. The fourth-order valence-electron chi connectivity index (χ4n) is 4.05. The van der Waals surface area contributed by atoms with Gasteiger partial charge in [0.15, 0.2) is 0 Å². The number of nitrogens with zero attached hydrogens (tertiary/aromatic N) is 1. The van der Waals surface area contributed by atoms with E-state index >= 15 is 0 Å². The van der Waals surface area contributed by atoms with E-state index in [1.54, 1.807) is 0 Å². The second kappa shape index (κ2) is 3.74. The van der Waals surface area contributed by atoms with Gasteiger partial charge >= 0.3 is 0 Å². The van der Waals surface area contributed by atoms with Gasteiger partial charge in [0.05, 0.1) is 0 Å². The summed E-state index contributed by atoms with van der Waals surface area (Å²) in [6.07, 6.45) is 7.26. The van der Waals surface area contributed by atoms with Crippen molar-refractivity contribution in [2.75, 3.05) is 26.2 Å². The van der Waals surface area contributed by atoms with Crippen LogP contribution in [0.1, 0.15) is 39.0 Å². The fraction of sp³-hybridized carbons (Fsp3) is 1.00. The lowest BCUT2D eigenvalue weighted by molar-refractivity contribution is 0.226. The van der Waals surface area contributed by atoms with Crippen molar-refractivity contribution in [1.29, 1.82) is 0 Å². The molecule has 1 N–H and O–H groups in total. The Morgan fingerprint density at radius 1 is 1.20 bits per heavy atom. The van der Waals surface area contributed by atoms with Crippen molar-refractivity contribution >= 4 is 0 Å². The molecule has 1 saturated carbocycles. The molecule has 0 aromatic rings. The summed E-state index contributed by atoms with van der Waals surface area (Å²) in [5, 5.41) is 3.68. The highest BCUT2D eigenvalue weighted by Crippen LogP contribution is 2.38. The van der Waals surface area contributed by atoms with Gasteiger partial charge in [0.2, 0.25) is 0 Å². The van der Waals surface area contributed by atoms with Gasteiger partial charge in [-0.25, -0.2) is 0 Å². The van der Waals surface area contributed by atoms with Gasteiger partial charge in [0.1, 0.15) is 0 Å². The number of hydrogen-bond donors (Lipinski definition) is 1. The molecule has 0 amide bonds. The minimum Gasteiger partial charge on any atom is -0.310 e. The van der Waals surface area contributed by atoms with Crippen LogP contribution in [0.2, 0.25) is 0 Å². The van der Waals surface area contributed by atoms with Crippen LogP contribution in [0.4, 0.5) is 0 Å². The van der Waals surface area contributed by atoms with Gasteiger partial charge in [0.25, 0.3) is 0 Å². The molecule has 15 heavy (non-hydrogen) atoms. The molecule has 3 fully saturated rings. The number of hydrogen-bond acceptors (Lipinski definition) is 2. The van der Waals surface area contributed by atoms with Gasteiger partial charge in [-0.1, -0.05) is 6.42 Å². The quantitative estimate of drug-likeness (QED) is 0.745. The Labute approximate surface area is 93.4 Å². The summed E-state index contributed by atoms with van der Waals surface area (Å²) >= 11 is 0. The van der Waals surface area contributed by atoms with E-state index < -0.39 is 0 Å². The second-order valence-corrected chi connectivity index (χ2v) is 6.24. The number of nitrogens with one attached hydrogen (secondary N) is 1. The van der Waals surface area contributed by atoms with E-state index in [2.05, 4.69) is 17.1 Å². The number of likely N-dealkylation sites (tertiary alicyclic amines) is 1. The van der Waals surface area contributed by atoms with Gasteiger partial charge in [0, 0.05) is 25.2 Å². The third kappa shape index (κ3) is 1.94. The molecule has 0 spiro atoms. The van der Waals surface area contributed by atoms with Gasteiger partial charge in [-0.15, -0.1) is 0 Å². The van der Waals surface area contributed by atoms with Gasteiger partial charge in [-0.05, 0) is 51.0 Å². The molecule has 1 aliphatic carbocycles. The van der Waals surface area contributed by atoms with Crippen LogP contribution in [-0.4, -0.2) is 36.6 Å². The molecule has 86 valence electrons. The number of rotatable bonds is 2. The molecule has 3 atom stereocenters. The predicted octanol–water partition coefficient (Wildman–Crippen LogP) is 1.86. The molecule has 2 aliphatic heterocycles. The van der Waals surface area contributed by atoms with E-state index in [1.807, 2.05) is 0 Å². The molecule has 0 aromatic heterocycles. The minimum atomic E-state index is 0.429. The average Bonchev–Trinajstić information content (AvgIpc) is 2.80. The van der Waals surface area contributed by atoms with Crippen molar-refractivity contribution in [3.8, 4) is 0 Å². The summed E-state index contributed by atoms with van der Waals surface area (Å²) in [6, 6.07) is 0. The normalized spacial score (nSPS) is 46.2. The summed E-state index contributed by atoms with van der Waals surface area (Å²) < 4.78 is 0. The lowest BCUT2D eigenvalue weighted by atomic mass is 10.00. The molecule has 2 heterocycles. The van der Waals surface area contributed by atoms with E-state index in [-0.39, 0.29) is 0 Å². The highest BCUT2D eigenvalue weighted by Gasteiger charge is 2.39. The van der Waals surface area contributed by atoms with Crippen LogP contribution in [0.3, 0.4) is 0 Å². The molecule has 3 rings (SSSR count). The zero-order valence-electron chi connectivity index (χ0n) is 9.97. The van der Waals surface area contributed by atoms with E-state index in [0.29, 0.717) is 5.54 Å². The molecular formula is C13H24N2. The van der Waals surface area contributed by atoms with Crippen LogP contribution in [0.5, 0.6) is 0 Å². The van der Waals surface area contributed by atoms with Crippen LogP contribution in [-0.2, 0) is 0 Å². The summed E-state index contributed by atoms with van der Waals surface area (Å²) in [4.78, 5) is 2.73. The Kier molecular flexibility index (Phi) is 2.52. The van der Waals surface area contributed by atoms with Gasteiger partial charge in [-0.2, -0.15) is 0 Å². The van der Waals surface area contributed by atoms with E-state index in [4.69, 9.17) is 0 Å². The largest absolute Gasteiger partial charge is 0.310 e.